The van der Waals surface area contributed by atoms with Gasteiger partial charge >= 0.3 is 0 Å². The maximum Gasteiger partial charge on any atom is 0.225 e. The fourth-order valence-corrected chi connectivity index (χ4v) is 6.20. The molecule has 0 aromatic rings. The molecule has 1 atom stereocenters. The Balaban J connectivity index is 1.32. The van der Waals surface area contributed by atoms with Crippen LogP contribution < -0.4 is 0 Å². The number of hydrogen-bond donors (Lipinski definition) is 0. The number of nitrogens with zero attached hydrogens (tertiary/aromatic N) is 2. The third kappa shape index (κ3) is 3.92. The molecule has 1 spiro atoms. The van der Waals surface area contributed by atoms with Crippen molar-refractivity contribution >= 4 is 5.91 Å². The van der Waals surface area contributed by atoms with Crippen LogP contribution in [0.25, 0.3) is 0 Å². The van der Waals surface area contributed by atoms with Gasteiger partial charge in [-0.05, 0) is 38.5 Å². The van der Waals surface area contributed by atoms with Crippen LogP contribution in [0.2, 0.25) is 0 Å². The van der Waals surface area contributed by atoms with Crippen LogP contribution in [0.1, 0.15) is 70.6 Å². The number of carbonyl (C=O) groups is 1. The van der Waals surface area contributed by atoms with E-state index in [-0.39, 0.29) is 5.54 Å². The number of hydrogen-bond acceptors (Lipinski definition) is 4. The molecule has 1 amide bonds. The summed E-state index contributed by atoms with van der Waals surface area (Å²) in [6, 6.07) is 0.637. The van der Waals surface area contributed by atoms with Crippen LogP contribution in [-0.2, 0) is 14.3 Å². The number of piperidine rings is 1. The van der Waals surface area contributed by atoms with Crippen LogP contribution in [0.3, 0.4) is 0 Å². The first-order chi connectivity index (χ1) is 13.2. The number of carbonyl (C=O) groups excluding carboxylic acids is 1. The summed E-state index contributed by atoms with van der Waals surface area (Å²) < 4.78 is 11.4. The van der Waals surface area contributed by atoms with Gasteiger partial charge in [0.2, 0.25) is 5.91 Å². The van der Waals surface area contributed by atoms with Crippen molar-refractivity contribution in [3.8, 4) is 0 Å². The number of rotatable bonds is 6. The van der Waals surface area contributed by atoms with Crippen molar-refractivity contribution in [2.24, 2.45) is 5.92 Å². The summed E-state index contributed by atoms with van der Waals surface area (Å²) in [6.45, 7) is 4.40. The first-order valence-electron chi connectivity index (χ1n) is 11.4. The Bertz CT molecular complexity index is 492. The lowest BCUT2D eigenvalue weighted by atomic mass is 9.69. The SMILES string of the molecule is COCCOC1CN(C2CCN(C(=O)C3CCCC3)CC2)C12CCCCC2. The fraction of sp³-hybridized carbons (Fsp3) is 0.955. The van der Waals surface area contributed by atoms with Crippen LogP contribution >= 0.6 is 0 Å². The number of likely N-dealkylation sites (tertiary alicyclic amines) is 2. The molecule has 4 fully saturated rings. The van der Waals surface area contributed by atoms with Gasteiger partial charge in [0, 0.05) is 44.2 Å². The Morgan fingerprint density at radius 1 is 0.963 bits per heavy atom. The van der Waals surface area contributed by atoms with Crippen LogP contribution in [0.5, 0.6) is 0 Å². The summed E-state index contributed by atoms with van der Waals surface area (Å²) in [5.74, 6) is 0.775. The molecule has 1 unspecified atom stereocenters. The minimum absolute atomic E-state index is 0.272. The normalized spacial score (nSPS) is 30.0. The summed E-state index contributed by atoms with van der Waals surface area (Å²) >= 11 is 0. The van der Waals surface area contributed by atoms with E-state index >= 15 is 0 Å². The second-order valence-corrected chi connectivity index (χ2v) is 9.21. The molecule has 0 bridgehead atoms. The van der Waals surface area contributed by atoms with Gasteiger partial charge < -0.3 is 14.4 Å². The molecule has 5 heteroatoms. The standard InChI is InChI=1S/C22H38N2O3/c1-26-15-16-27-20-17-24(22(20)11-5-2-6-12-22)19-9-13-23(14-10-19)21(25)18-7-3-4-8-18/h18-20H,2-17H2,1H3. The van der Waals surface area contributed by atoms with E-state index in [9.17, 15) is 4.79 Å². The quantitative estimate of drug-likeness (QED) is 0.666. The van der Waals surface area contributed by atoms with Gasteiger partial charge in [-0.3, -0.25) is 9.69 Å². The van der Waals surface area contributed by atoms with Gasteiger partial charge in [0.05, 0.1) is 19.3 Å². The van der Waals surface area contributed by atoms with Crippen molar-refractivity contribution in [2.45, 2.75) is 88.3 Å². The van der Waals surface area contributed by atoms with Gasteiger partial charge in [-0.15, -0.1) is 0 Å². The van der Waals surface area contributed by atoms with Gasteiger partial charge in [-0.25, -0.2) is 0 Å². The Labute approximate surface area is 164 Å². The lowest BCUT2D eigenvalue weighted by Crippen LogP contribution is -2.75. The Hall–Kier alpha value is -0.650. The van der Waals surface area contributed by atoms with Crippen molar-refractivity contribution in [3.63, 3.8) is 0 Å². The monoisotopic (exact) mass is 378 g/mol. The first-order valence-corrected chi connectivity index (χ1v) is 11.4. The number of amides is 1. The van der Waals surface area contributed by atoms with Crippen LogP contribution in [0.4, 0.5) is 0 Å². The minimum Gasteiger partial charge on any atom is -0.382 e. The molecule has 0 N–H and O–H groups in total. The average Bonchev–Trinajstić information content (AvgIpc) is 3.25. The molecule has 2 aliphatic carbocycles. The maximum absolute atomic E-state index is 12.7. The molecule has 2 saturated carbocycles. The smallest absolute Gasteiger partial charge is 0.225 e. The Kier molecular flexibility index (Phi) is 6.40. The second kappa shape index (κ2) is 8.79. The molecule has 4 aliphatic rings. The molecule has 0 aromatic carbocycles. The number of methoxy groups -OCH3 is 1. The minimum atomic E-state index is 0.272. The molecule has 0 aromatic heterocycles. The van der Waals surface area contributed by atoms with Gasteiger partial charge in [0.1, 0.15) is 0 Å². The lowest BCUT2D eigenvalue weighted by molar-refractivity contribution is -0.204. The highest BCUT2D eigenvalue weighted by atomic mass is 16.5. The van der Waals surface area contributed by atoms with Crippen molar-refractivity contribution < 1.29 is 14.3 Å². The summed E-state index contributed by atoms with van der Waals surface area (Å²) in [7, 11) is 1.74. The maximum atomic E-state index is 12.7. The Morgan fingerprint density at radius 3 is 2.33 bits per heavy atom. The van der Waals surface area contributed by atoms with Gasteiger partial charge in [0.15, 0.2) is 0 Å². The van der Waals surface area contributed by atoms with Crippen molar-refractivity contribution in [2.75, 3.05) is 40.0 Å². The number of ether oxygens (including phenoxy) is 2. The van der Waals surface area contributed by atoms with E-state index in [1.807, 2.05) is 0 Å². The van der Waals surface area contributed by atoms with Crippen molar-refractivity contribution in [3.05, 3.63) is 0 Å². The topological polar surface area (TPSA) is 42.0 Å². The average molecular weight is 379 g/mol. The summed E-state index contributed by atoms with van der Waals surface area (Å²) in [6.07, 6.45) is 14.0. The molecule has 154 valence electrons. The summed E-state index contributed by atoms with van der Waals surface area (Å²) in [5, 5.41) is 0. The van der Waals surface area contributed by atoms with Crippen LogP contribution in [-0.4, -0.2) is 73.3 Å². The van der Waals surface area contributed by atoms with E-state index in [4.69, 9.17) is 9.47 Å². The van der Waals surface area contributed by atoms with Gasteiger partial charge in [0.25, 0.3) is 0 Å². The highest BCUT2D eigenvalue weighted by Gasteiger charge is 2.56. The van der Waals surface area contributed by atoms with Crippen molar-refractivity contribution in [1.82, 2.24) is 9.80 Å². The fourth-order valence-electron chi connectivity index (χ4n) is 6.20. The zero-order chi connectivity index (χ0) is 18.7. The zero-order valence-corrected chi connectivity index (χ0v) is 17.2. The molecular formula is C22H38N2O3. The molecule has 0 radical (unpaired) electrons. The van der Waals surface area contributed by atoms with Crippen LogP contribution in [0, 0.1) is 5.92 Å². The van der Waals surface area contributed by atoms with E-state index < -0.39 is 0 Å². The predicted octanol–water partition coefficient (Wildman–Crippen LogP) is 3.22. The molecule has 2 heterocycles. The zero-order valence-electron chi connectivity index (χ0n) is 17.2. The third-order valence-electron chi connectivity index (χ3n) is 7.78. The van der Waals surface area contributed by atoms with Crippen molar-refractivity contribution in [1.29, 1.82) is 0 Å². The van der Waals surface area contributed by atoms with E-state index in [0.717, 1.165) is 45.3 Å². The van der Waals surface area contributed by atoms with Crippen LogP contribution in [0.15, 0.2) is 0 Å². The highest BCUT2D eigenvalue weighted by molar-refractivity contribution is 5.79. The van der Waals surface area contributed by atoms with Gasteiger partial charge in [-0.2, -0.15) is 0 Å². The molecule has 27 heavy (non-hydrogen) atoms. The third-order valence-corrected chi connectivity index (χ3v) is 7.78. The predicted molar refractivity (Wildman–Crippen MR) is 106 cm³/mol. The van der Waals surface area contributed by atoms with Gasteiger partial charge in [-0.1, -0.05) is 32.1 Å². The summed E-state index contributed by atoms with van der Waals surface area (Å²) in [5.41, 5.74) is 0.272. The van der Waals surface area contributed by atoms with E-state index in [1.165, 1.54) is 44.9 Å². The molecule has 5 nitrogen and oxygen atoms in total. The first kappa shape index (κ1) is 19.7. The van der Waals surface area contributed by atoms with E-state index in [2.05, 4.69) is 9.80 Å². The lowest BCUT2D eigenvalue weighted by Gasteiger charge is -2.63. The molecular weight excluding hydrogens is 340 g/mol. The van der Waals surface area contributed by atoms with E-state index in [0.29, 0.717) is 37.2 Å². The Morgan fingerprint density at radius 2 is 1.67 bits per heavy atom. The summed E-state index contributed by atoms with van der Waals surface area (Å²) in [4.78, 5) is 17.7. The van der Waals surface area contributed by atoms with E-state index in [1.54, 1.807) is 7.11 Å². The second-order valence-electron chi connectivity index (χ2n) is 9.21. The highest BCUT2D eigenvalue weighted by Crippen LogP contribution is 2.47. The molecule has 4 rings (SSSR count). The molecule has 2 aliphatic heterocycles. The largest absolute Gasteiger partial charge is 0.382 e. The molecule has 2 saturated heterocycles.